The second-order valence-corrected chi connectivity index (χ2v) is 4.52. The van der Waals surface area contributed by atoms with Crippen LogP contribution in [0.2, 0.25) is 5.02 Å². The van der Waals surface area contributed by atoms with Gasteiger partial charge in [-0.25, -0.2) is 9.18 Å². The first-order valence-electron chi connectivity index (χ1n) is 5.98. The molecule has 0 bridgehead atoms. The molecule has 0 aromatic heterocycles. The number of ether oxygens (including phenoxy) is 1. The van der Waals surface area contributed by atoms with E-state index in [9.17, 15) is 9.18 Å². The van der Waals surface area contributed by atoms with Gasteiger partial charge in [0.15, 0.2) is 0 Å². The van der Waals surface area contributed by atoms with Crippen LogP contribution >= 0.6 is 11.6 Å². The van der Waals surface area contributed by atoms with Gasteiger partial charge < -0.3 is 9.84 Å². The SMILES string of the molecule is CCOc1ccc(-c2cc(F)cc(C(=O)O)c2)c(Cl)c1. The van der Waals surface area contributed by atoms with Crippen molar-refractivity contribution < 1.29 is 19.0 Å². The number of carboxylic acid groups (broad SMARTS) is 1. The number of halogens is 2. The molecule has 20 heavy (non-hydrogen) atoms. The lowest BCUT2D eigenvalue weighted by Gasteiger charge is -2.09. The Morgan fingerprint density at radius 3 is 2.65 bits per heavy atom. The monoisotopic (exact) mass is 294 g/mol. The third-order valence-corrected chi connectivity index (χ3v) is 3.02. The van der Waals surface area contributed by atoms with Crippen molar-refractivity contribution in [2.45, 2.75) is 6.92 Å². The van der Waals surface area contributed by atoms with E-state index in [1.165, 1.54) is 12.1 Å². The molecule has 2 aromatic carbocycles. The highest BCUT2D eigenvalue weighted by molar-refractivity contribution is 6.33. The van der Waals surface area contributed by atoms with Crippen molar-refractivity contribution >= 4 is 17.6 Å². The molecular formula is C15H12ClFO3. The summed E-state index contributed by atoms with van der Waals surface area (Å²) in [4.78, 5) is 10.9. The Labute approximate surface area is 120 Å². The minimum atomic E-state index is -1.19. The summed E-state index contributed by atoms with van der Waals surface area (Å²) in [6, 6.07) is 8.59. The average molecular weight is 295 g/mol. The predicted molar refractivity (Wildman–Crippen MR) is 75.0 cm³/mol. The highest BCUT2D eigenvalue weighted by Gasteiger charge is 2.11. The maximum atomic E-state index is 13.5. The lowest BCUT2D eigenvalue weighted by molar-refractivity contribution is 0.0696. The summed E-state index contributed by atoms with van der Waals surface area (Å²) in [5, 5.41) is 9.32. The smallest absolute Gasteiger partial charge is 0.335 e. The summed E-state index contributed by atoms with van der Waals surface area (Å²) in [5.41, 5.74) is 0.845. The Bertz CT molecular complexity index is 656. The second kappa shape index (κ2) is 5.92. The number of carbonyl (C=O) groups is 1. The van der Waals surface area contributed by atoms with E-state index in [0.717, 1.165) is 6.07 Å². The number of hydrogen-bond acceptors (Lipinski definition) is 2. The van der Waals surface area contributed by atoms with Crippen molar-refractivity contribution in [2.75, 3.05) is 6.61 Å². The fraction of sp³-hybridized carbons (Fsp3) is 0.133. The van der Waals surface area contributed by atoms with Crippen LogP contribution in [0.1, 0.15) is 17.3 Å². The van der Waals surface area contributed by atoms with E-state index in [-0.39, 0.29) is 5.56 Å². The molecule has 0 saturated carbocycles. The molecular weight excluding hydrogens is 283 g/mol. The summed E-state index contributed by atoms with van der Waals surface area (Å²) in [7, 11) is 0. The van der Waals surface area contributed by atoms with Gasteiger partial charge >= 0.3 is 5.97 Å². The number of benzene rings is 2. The molecule has 2 rings (SSSR count). The molecule has 0 heterocycles. The first-order valence-corrected chi connectivity index (χ1v) is 6.35. The minimum absolute atomic E-state index is 0.120. The van der Waals surface area contributed by atoms with Gasteiger partial charge in [-0.05, 0) is 48.9 Å². The van der Waals surface area contributed by atoms with Crippen LogP contribution in [-0.4, -0.2) is 17.7 Å². The van der Waals surface area contributed by atoms with Crippen molar-refractivity contribution in [1.29, 1.82) is 0 Å². The van der Waals surface area contributed by atoms with E-state index < -0.39 is 11.8 Å². The molecule has 0 spiro atoms. The zero-order chi connectivity index (χ0) is 14.7. The lowest BCUT2D eigenvalue weighted by atomic mass is 10.0. The fourth-order valence-corrected chi connectivity index (χ4v) is 2.13. The first-order chi connectivity index (χ1) is 9.51. The molecule has 0 amide bonds. The number of aromatic carboxylic acids is 1. The molecule has 0 aliphatic heterocycles. The first kappa shape index (κ1) is 14.3. The molecule has 3 nitrogen and oxygen atoms in total. The Hall–Kier alpha value is -2.07. The van der Waals surface area contributed by atoms with Gasteiger partial charge in [0.2, 0.25) is 0 Å². The minimum Gasteiger partial charge on any atom is -0.494 e. The van der Waals surface area contributed by atoms with Crippen molar-refractivity contribution in [3.05, 3.63) is 52.8 Å². The summed E-state index contributed by atoms with van der Waals surface area (Å²) in [5.74, 6) is -1.20. The molecule has 2 aromatic rings. The van der Waals surface area contributed by atoms with Crippen LogP contribution in [0.25, 0.3) is 11.1 Å². The molecule has 0 radical (unpaired) electrons. The van der Waals surface area contributed by atoms with Crippen LogP contribution in [0.3, 0.4) is 0 Å². The quantitative estimate of drug-likeness (QED) is 0.917. The number of hydrogen-bond donors (Lipinski definition) is 1. The van der Waals surface area contributed by atoms with Crippen LogP contribution in [-0.2, 0) is 0 Å². The highest BCUT2D eigenvalue weighted by Crippen LogP contribution is 2.32. The Morgan fingerprint density at radius 1 is 1.30 bits per heavy atom. The summed E-state index contributed by atoms with van der Waals surface area (Å²) in [6.07, 6.45) is 0. The molecule has 0 atom stereocenters. The maximum Gasteiger partial charge on any atom is 0.335 e. The summed E-state index contributed by atoms with van der Waals surface area (Å²) < 4.78 is 18.8. The summed E-state index contributed by atoms with van der Waals surface area (Å²) >= 11 is 6.13. The van der Waals surface area contributed by atoms with Crippen LogP contribution < -0.4 is 4.74 Å². The maximum absolute atomic E-state index is 13.5. The van der Waals surface area contributed by atoms with Crippen LogP contribution in [0, 0.1) is 5.82 Å². The topological polar surface area (TPSA) is 46.5 Å². The second-order valence-electron chi connectivity index (χ2n) is 4.11. The fourth-order valence-electron chi connectivity index (χ4n) is 1.86. The van der Waals surface area contributed by atoms with Crippen molar-refractivity contribution in [3.63, 3.8) is 0 Å². The molecule has 0 aliphatic rings. The van der Waals surface area contributed by atoms with E-state index in [1.54, 1.807) is 18.2 Å². The van der Waals surface area contributed by atoms with Crippen molar-refractivity contribution in [3.8, 4) is 16.9 Å². The lowest BCUT2D eigenvalue weighted by Crippen LogP contribution is -1.98. The van der Waals surface area contributed by atoms with E-state index in [4.69, 9.17) is 21.4 Å². The molecule has 0 fully saturated rings. The molecule has 5 heteroatoms. The summed E-state index contributed by atoms with van der Waals surface area (Å²) in [6.45, 7) is 2.37. The third kappa shape index (κ3) is 3.08. The van der Waals surface area contributed by atoms with Gasteiger partial charge in [-0.2, -0.15) is 0 Å². The standard InChI is InChI=1S/C15H12ClFO3/c1-2-20-12-3-4-13(14(16)8-12)9-5-10(15(18)19)7-11(17)6-9/h3-8H,2H2,1H3,(H,18,19). The molecule has 0 aliphatic carbocycles. The van der Waals surface area contributed by atoms with Gasteiger partial charge in [0.25, 0.3) is 0 Å². The van der Waals surface area contributed by atoms with Gasteiger partial charge in [0.05, 0.1) is 17.2 Å². The van der Waals surface area contributed by atoms with Crippen LogP contribution in [0.4, 0.5) is 4.39 Å². The largest absolute Gasteiger partial charge is 0.494 e. The van der Waals surface area contributed by atoms with E-state index >= 15 is 0 Å². The van der Waals surface area contributed by atoms with Crippen LogP contribution in [0.5, 0.6) is 5.75 Å². The Kier molecular flexibility index (Phi) is 4.25. The van der Waals surface area contributed by atoms with Crippen molar-refractivity contribution in [1.82, 2.24) is 0 Å². The zero-order valence-electron chi connectivity index (χ0n) is 10.7. The van der Waals surface area contributed by atoms with E-state index in [1.807, 2.05) is 6.92 Å². The average Bonchev–Trinajstić information content (AvgIpc) is 2.38. The van der Waals surface area contributed by atoms with E-state index in [0.29, 0.717) is 28.5 Å². The van der Waals surface area contributed by atoms with Gasteiger partial charge in [-0.1, -0.05) is 11.6 Å². The molecule has 1 N–H and O–H groups in total. The highest BCUT2D eigenvalue weighted by atomic mass is 35.5. The number of rotatable bonds is 4. The predicted octanol–water partition coefficient (Wildman–Crippen LogP) is 4.24. The molecule has 0 saturated heterocycles. The van der Waals surface area contributed by atoms with Crippen molar-refractivity contribution in [2.24, 2.45) is 0 Å². The Morgan fingerprint density at radius 2 is 2.05 bits per heavy atom. The molecule has 104 valence electrons. The normalized spacial score (nSPS) is 10.3. The van der Waals surface area contributed by atoms with E-state index in [2.05, 4.69) is 0 Å². The number of carboxylic acids is 1. The zero-order valence-corrected chi connectivity index (χ0v) is 11.4. The van der Waals surface area contributed by atoms with Crippen LogP contribution in [0.15, 0.2) is 36.4 Å². The Balaban J connectivity index is 2.48. The van der Waals surface area contributed by atoms with Gasteiger partial charge in [-0.3, -0.25) is 0 Å². The third-order valence-electron chi connectivity index (χ3n) is 2.71. The van der Waals surface area contributed by atoms with Gasteiger partial charge in [0, 0.05) is 5.56 Å². The van der Waals surface area contributed by atoms with Gasteiger partial charge in [-0.15, -0.1) is 0 Å². The molecule has 0 unspecified atom stereocenters. The van der Waals surface area contributed by atoms with Gasteiger partial charge in [0.1, 0.15) is 11.6 Å².